The Morgan fingerprint density at radius 3 is 2.03 bits per heavy atom. The van der Waals surface area contributed by atoms with Gasteiger partial charge in [0.05, 0.1) is 10.3 Å². The van der Waals surface area contributed by atoms with Crippen LogP contribution in [0.4, 0.5) is 18.9 Å². The summed E-state index contributed by atoms with van der Waals surface area (Å²) in [5.74, 6) is -2.71. The number of likely N-dealkylation sites (N-methyl/N-ethyl adjacent to an activating group) is 1. The van der Waals surface area contributed by atoms with Gasteiger partial charge in [-0.15, -0.1) is 0 Å². The van der Waals surface area contributed by atoms with E-state index in [1.807, 2.05) is 19.1 Å². The van der Waals surface area contributed by atoms with E-state index in [2.05, 4.69) is 10.0 Å². The largest absolute Gasteiger partial charge is 0.490 e. The van der Waals surface area contributed by atoms with Crippen LogP contribution in [0.25, 0.3) is 0 Å². The molecule has 0 aliphatic heterocycles. The molecule has 1 amide bonds. The van der Waals surface area contributed by atoms with Crippen LogP contribution in [-0.4, -0.2) is 38.1 Å². The second-order valence-corrected chi connectivity index (χ2v) is 8.84. The first-order valence-electron chi connectivity index (χ1n) is 9.61. The van der Waals surface area contributed by atoms with Crippen LogP contribution in [0.3, 0.4) is 0 Å². The maximum Gasteiger partial charge on any atom is 0.490 e. The molecule has 0 heterocycles. The van der Waals surface area contributed by atoms with Gasteiger partial charge in [-0.2, -0.15) is 13.2 Å². The lowest BCUT2D eigenvalue weighted by Crippen LogP contribution is -2.34. The quantitative estimate of drug-likeness (QED) is 0.595. The summed E-state index contributed by atoms with van der Waals surface area (Å²) in [5.41, 5.74) is 1.67. The van der Waals surface area contributed by atoms with Crippen molar-refractivity contribution < 1.29 is 36.3 Å². The van der Waals surface area contributed by atoms with Gasteiger partial charge < -0.3 is 10.4 Å². The van der Waals surface area contributed by atoms with Gasteiger partial charge >= 0.3 is 12.1 Å². The van der Waals surface area contributed by atoms with Crippen molar-refractivity contribution in [1.29, 1.82) is 0 Å². The summed E-state index contributed by atoms with van der Waals surface area (Å²) in [6.45, 7) is 4.27. The molecular weight excluding hydrogens is 449 g/mol. The second kappa shape index (κ2) is 9.60. The first kappa shape index (κ1) is 25.2. The zero-order valence-electron chi connectivity index (χ0n) is 17.4. The fourth-order valence-corrected chi connectivity index (χ4v) is 4.33. The zero-order chi connectivity index (χ0) is 24.2. The SMILES string of the molecule is CCNC(=O)C1(c2ccc(NS(=O)(=O)c3ccccc3C)cc2)CC1.O=C(O)C(F)(F)F. The summed E-state index contributed by atoms with van der Waals surface area (Å²) >= 11 is 0. The molecule has 0 unspecified atom stereocenters. The smallest absolute Gasteiger partial charge is 0.475 e. The van der Waals surface area contributed by atoms with Crippen LogP contribution in [0.1, 0.15) is 30.9 Å². The Hall–Kier alpha value is -3.08. The number of halogens is 3. The number of amides is 1. The van der Waals surface area contributed by atoms with Crippen molar-refractivity contribution in [2.75, 3.05) is 11.3 Å². The molecule has 1 aliphatic carbocycles. The van der Waals surface area contributed by atoms with E-state index in [4.69, 9.17) is 9.90 Å². The highest BCUT2D eigenvalue weighted by Crippen LogP contribution is 2.48. The Bertz CT molecular complexity index is 1080. The highest BCUT2D eigenvalue weighted by Gasteiger charge is 2.50. The molecule has 0 aromatic heterocycles. The molecule has 1 saturated carbocycles. The number of carboxylic acid groups (broad SMARTS) is 1. The van der Waals surface area contributed by atoms with Gasteiger partial charge in [0.2, 0.25) is 5.91 Å². The fourth-order valence-electron chi connectivity index (χ4n) is 3.03. The van der Waals surface area contributed by atoms with Gasteiger partial charge in [0.15, 0.2) is 0 Å². The van der Waals surface area contributed by atoms with Gasteiger partial charge in [-0.1, -0.05) is 30.3 Å². The Morgan fingerprint density at radius 2 is 1.59 bits per heavy atom. The Morgan fingerprint density at radius 1 is 1.06 bits per heavy atom. The van der Waals surface area contributed by atoms with E-state index in [9.17, 15) is 26.4 Å². The second-order valence-electron chi connectivity index (χ2n) is 7.19. The predicted molar refractivity (Wildman–Crippen MR) is 112 cm³/mol. The lowest BCUT2D eigenvalue weighted by atomic mass is 9.95. The average Bonchev–Trinajstić information content (AvgIpc) is 3.50. The van der Waals surface area contributed by atoms with E-state index in [0.29, 0.717) is 17.8 Å². The van der Waals surface area contributed by atoms with Crippen molar-refractivity contribution in [3.63, 3.8) is 0 Å². The highest BCUT2D eigenvalue weighted by molar-refractivity contribution is 7.92. The van der Waals surface area contributed by atoms with Crippen LogP contribution in [0.5, 0.6) is 0 Å². The molecule has 1 fully saturated rings. The minimum atomic E-state index is -5.08. The molecule has 11 heteroatoms. The van der Waals surface area contributed by atoms with Crippen LogP contribution in [0.15, 0.2) is 53.4 Å². The van der Waals surface area contributed by atoms with E-state index in [0.717, 1.165) is 18.4 Å². The molecule has 3 N–H and O–H groups in total. The number of carbonyl (C=O) groups excluding carboxylic acids is 1. The number of nitrogens with one attached hydrogen (secondary N) is 2. The summed E-state index contributed by atoms with van der Waals surface area (Å²) in [6.07, 6.45) is -3.43. The number of rotatable bonds is 6. The molecule has 0 radical (unpaired) electrons. The third kappa shape index (κ3) is 6.00. The topological polar surface area (TPSA) is 113 Å². The van der Waals surface area contributed by atoms with E-state index in [1.54, 1.807) is 43.3 Å². The van der Waals surface area contributed by atoms with Crippen LogP contribution >= 0.6 is 0 Å². The number of benzene rings is 2. The van der Waals surface area contributed by atoms with Crippen LogP contribution in [0, 0.1) is 6.92 Å². The van der Waals surface area contributed by atoms with Crippen molar-refractivity contribution in [1.82, 2.24) is 5.32 Å². The van der Waals surface area contributed by atoms with Gasteiger partial charge in [-0.05, 0) is 56.0 Å². The minimum Gasteiger partial charge on any atom is -0.475 e. The number of carbonyl (C=O) groups is 2. The number of anilines is 1. The van der Waals surface area contributed by atoms with Crippen molar-refractivity contribution in [3.8, 4) is 0 Å². The monoisotopic (exact) mass is 472 g/mol. The molecule has 0 atom stereocenters. The average molecular weight is 472 g/mol. The summed E-state index contributed by atoms with van der Waals surface area (Å²) in [7, 11) is -3.63. The standard InChI is InChI=1S/C19H22N2O3S.C2HF3O2/c1-3-20-18(22)19(12-13-19)15-8-10-16(11-9-15)21-25(23,24)17-7-5-4-6-14(17)2;3-2(4,5)1(6)7/h4-11,21H,3,12-13H2,1-2H3,(H,20,22);(H,6,7). The maximum absolute atomic E-state index is 12.5. The molecule has 2 aromatic rings. The minimum absolute atomic E-state index is 0.0447. The number of hydrogen-bond donors (Lipinski definition) is 3. The Labute approximate surface area is 183 Å². The number of alkyl halides is 3. The Kier molecular flexibility index (Phi) is 7.55. The number of carboxylic acids is 1. The molecule has 3 rings (SSSR count). The van der Waals surface area contributed by atoms with Gasteiger partial charge in [-0.3, -0.25) is 9.52 Å². The molecule has 2 aromatic carbocycles. The molecule has 0 saturated heterocycles. The third-order valence-corrected chi connectivity index (χ3v) is 6.38. The van der Waals surface area contributed by atoms with Crippen molar-refractivity contribution in [2.24, 2.45) is 0 Å². The van der Waals surface area contributed by atoms with E-state index >= 15 is 0 Å². The molecule has 0 spiro atoms. The lowest BCUT2D eigenvalue weighted by Gasteiger charge is -2.16. The van der Waals surface area contributed by atoms with Gasteiger partial charge in [0.25, 0.3) is 10.0 Å². The molecule has 32 heavy (non-hydrogen) atoms. The van der Waals surface area contributed by atoms with Crippen LogP contribution in [-0.2, 0) is 25.0 Å². The molecule has 174 valence electrons. The summed E-state index contributed by atoms with van der Waals surface area (Å²) < 4.78 is 59.4. The van der Waals surface area contributed by atoms with Crippen molar-refractivity contribution >= 4 is 27.6 Å². The first-order valence-corrected chi connectivity index (χ1v) is 11.1. The maximum atomic E-state index is 12.5. The van der Waals surface area contributed by atoms with Crippen molar-refractivity contribution in [2.45, 2.75) is 43.2 Å². The summed E-state index contributed by atoms with van der Waals surface area (Å²) in [4.78, 5) is 21.4. The lowest BCUT2D eigenvalue weighted by molar-refractivity contribution is -0.192. The molecule has 0 bridgehead atoms. The number of aryl methyl sites for hydroxylation is 1. The third-order valence-electron chi connectivity index (χ3n) is 4.84. The fraction of sp³-hybridized carbons (Fsp3) is 0.333. The van der Waals surface area contributed by atoms with Crippen LogP contribution in [0.2, 0.25) is 0 Å². The summed E-state index contributed by atoms with van der Waals surface area (Å²) in [6, 6.07) is 13.9. The van der Waals surface area contributed by atoms with Gasteiger partial charge in [-0.25, -0.2) is 13.2 Å². The number of sulfonamides is 1. The van der Waals surface area contributed by atoms with E-state index in [1.165, 1.54) is 0 Å². The summed E-state index contributed by atoms with van der Waals surface area (Å²) in [5, 5.41) is 10.0. The predicted octanol–water partition coefficient (Wildman–Crippen LogP) is 3.60. The highest BCUT2D eigenvalue weighted by atomic mass is 32.2. The zero-order valence-corrected chi connectivity index (χ0v) is 18.2. The Balaban J connectivity index is 0.000000451. The first-order chi connectivity index (χ1) is 14.8. The van der Waals surface area contributed by atoms with Gasteiger partial charge in [0, 0.05) is 12.2 Å². The van der Waals surface area contributed by atoms with E-state index < -0.39 is 27.6 Å². The van der Waals surface area contributed by atoms with Crippen LogP contribution < -0.4 is 10.0 Å². The van der Waals surface area contributed by atoms with Gasteiger partial charge in [0.1, 0.15) is 0 Å². The molecular formula is C21H23F3N2O5S. The number of aliphatic carboxylic acids is 1. The number of hydrogen-bond acceptors (Lipinski definition) is 4. The molecule has 1 aliphatic rings. The normalized spacial score (nSPS) is 14.5. The molecule has 7 nitrogen and oxygen atoms in total. The van der Waals surface area contributed by atoms with E-state index in [-0.39, 0.29) is 10.8 Å². The van der Waals surface area contributed by atoms with Crippen molar-refractivity contribution in [3.05, 3.63) is 59.7 Å².